The highest BCUT2D eigenvalue weighted by Crippen LogP contribution is 2.30. The Morgan fingerprint density at radius 2 is 2.05 bits per heavy atom. The number of anilines is 1. The number of aliphatic carboxylic acids is 1. The van der Waals surface area contributed by atoms with Crippen LogP contribution in [0.1, 0.15) is 16.1 Å². The van der Waals surface area contributed by atoms with Gasteiger partial charge in [-0.05, 0) is 24.1 Å². The summed E-state index contributed by atoms with van der Waals surface area (Å²) in [5.41, 5.74) is 1.96. The molecular weight excluding hydrogens is 270 g/mol. The summed E-state index contributed by atoms with van der Waals surface area (Å²) in [5, 5.41) is 13.4. The topological polar surface area (TPSA) is 75.4 Å². The summed E-state index contributed by atoms with van der Waals surface area (Å²) >= 11 is 0. The fourth-order valence-corrected chi connectivity index (χ4v) is 2.62. The average Bonchev–Trinajstić information content (AvgIpc) is 2.92. The lowest BCUT2D eigenvalue weighted by molar-refractivity contribution is -0.141. The maximum Gasteiger partial charge on any atom is 0.308 e. The molecular formula is C15H15N3O3. The molecule has 3 rings (SSSR count). The predicted octanol–water partition coefficient (Wildman–Crippen LogP) is 1.32. The molecule has 1 aliphatic rings. The molecule has 0 spiro atoms. The number of amides is 1. The van der Waals surface area contributed by atoms with Crippen LogP contribution >= 0.6 is 0 Å². The van der Waals surface area contributed by atoms with Crippen molar-refractivity contribution in [1.29, 1.82) is 0 Å². The van der Waals surface area contributed by atoms with Crippen LogP contribution in [0, 0.1) is 5.92 Å². The SMILES string of the molecule is Cn1ccc(C(=O)N2CC(C(=O)O)Cc3ccccc32)n1. The number of carboxylic acids is 1. The van der Waals surface area contributed by atoms with Crippen LogP contribution in [0.2, 0.25) is 0 Å². The van der Waals surface area contributed by atoms with E-state index in [1.807, 2.05) is 24.3 Å². The highest BCUT2D eigenvalue weighted by Gasteiger charge is 2.33. The van der Waals surface area contributed by atoms with Gasteiger partial charge in [0, 0.05) is 25.5 Å². The molecule has 108 valence electrons. The van der Waals surface area contributed by atoms with Crippen LogP contribution in [0.5, 0.6) is 0 Å². The first-order valence-electron chi connectivity index (χ1n) is 6.68. The molecule has 2 heterocycles. The quantitative estimate of drug-likeness (QED) is 0.903. The van der Waals surface area contributed by atoms with Gasteiger partial charge in [0.2, 0.25) is 0 Å². The van der Waals surface area contributed by atoms with Gasteiger partial charge in [-0.25, -0.2) is 0 Å². The van der Waals surface area contributed by atoms with Gasteiger partial charge >= 0.3 is 5.97 Å². The second kappa shape index (κ2) is 5.05. The van der Waals surface area contributed by atoms with E-state index >= 15 is 0 Å². The minimum absolute atomic E-state index is 0.168. The van der Waals surface area contributed by atoms with Crippen molar-refractivity contribution in [3.05, 3.63) is 47.8 Å². The summed E-state index contributed by atoms with van der Waals surface area (Å²) in [6.45, 7) is 0.168. The molecule has 0 bridgehead atoms. The average molecular weight is 285 g/mol. The summed E-state index contributed by atoms with van der Waals surface area (Å²) in [7, 11) is 1.74. The van der Waals surface area contributed by atoms with Crippen LogP contribution < -0.4 is 4.90 Å². The Balaban J connectivity index is 2.00. The van der Waals surface area contributed by atoms with Gasteiger partial charge in [-0.15, -0.1) is 0 Å². The van der Waals surface area contributed by atoms with Gasteiger partial charge in [-0.2, -0.15) is 5.10 Å². The Labute approximate surface area is 121 Å². The zero-order chi connectivity index (χ0) is 15.0. The number of carboxylic acid groups (broad SMARTS) is 1. The van der Waals surface area contributed by atoms with Crippen molar-refractivity contribution < 1.29 is 14.7 Å². The van der Waals surface area contributed by atoms with Gasteiger partial charge in [0.1, 0.15) is 0 Å². The molecule has 0 fully saturated rings. The van der Waals surface area contributed by atoms with E-state index in [2.05, 4.69) is 5.10 Å². The van der Waals surface area contributed by atoms with E-state index in [9.17, 15) is 14.7 Å². The standard InChI is InChI=1S/C15H15N3O3/c1-17-7-6-12(16-17)14(19)18-9-11(15(20)21)8-10-4-2-3-5-13(10)18/h2-7,11H,8-9H2,1H3,(H,20,21). The number of carbonyl (C=O) groups excluding carboxylic acids is 1. The van der Waals surface area contributed by atoms with E-state index in [0.29, 0.717) is 12.1 Å². The Bertz CT molecular complexity index is 708. The molecule has 0 radical (unpaired) electrons. The molecule has 1 N–H and O–H groups in total. The van der Waals surface area contributed by atoms with E-state index in [1.165, 1.54) is 4.90 Å². The number of aromatic nitrogens is 2. The molecule has 21 heavy (non-hydrogen) atoms. The number of carbonyl (C=O) groups is 2. The highest BCUT2D eigenvalue weighted by molar-refractivity contribution is 6.06. The fraction of sp³-hybridized carbons (Fsp3) is 0.267. The molecule has 6 nitrogen and oxygen atoms in total. The van der Waals surface area contributed by atoms with Crippen molar-refractivity contribution in [2.75, 3.05) is 11.4 Å². The lowest BCUT2D eigenvalue weighted by Crippen LogP contribution is -2.42. The molecule has 1 unspecified atom stereocenters. The molecule has 1 aromatic heterocycles. The third-order valence-electron chi connectivity index (χ3n) is 3.68. The maximum absolute atomic E-state index is 12.6. The van der Waals surface area contributed by atoms with Gasteiger partial charge < -0.3 is 10.0 Å². The van der Waals surface area contributed by atoms with E-state index in [4.69, 9.17) is 0 Å². The van der Waals surface area contributed by atoms with E-state index in [0.717, 1.165) is 11.3 Å². The molecule has 6 heteroatoms. The minimum atomic E-state index is -0.886. The third kappa shape index (κ3) is 2.40. The minimum Gasteiger partial charge on any atom is -0.481 e. The third-order valence-corrected chi connectivity index (χ3v) is 3.68. The number of nitrogens with zero attached hydrogens (tertiary/aromatic N) is 3. The first-order chi connectivity index (χ1) is 10.1. The number of hydrogen-bond donors (Lipinski definition) is 1. The number of aryl methyl sites for hydroxylation is 1. The van der Waals surface area contributed by atoms with Crippen molar-refractivity contribution in [1.82, 2.24) is 9.78 Å². The van der Waals surface area contributed by atoms with E-state index in [-0.39, 0.29) is 12.5 Å². The van der Waals surface area contributed by atoms with Crippen molar-refractivity contribution in [2.24, 2.45) is 13.0 Å². The van der Waals surface area contributed by atoms with Gasteiger partial charge in [0.05, 0.1) is 5.92 Å². The molecule has 1 aromatic carbocycles. The molecule has 0 aliphatic carbocycles. The van der Waals surface area contributed by atoms with Gasteiger partial charge in [0.15, 0.2) is 5.69 Å². The second-order valence-electron chi connectivity index (χ2n) is 5.16. The van der Waals surface area contributed by atoms with Crippen molar-refractivity contribution in [2.45, 2.75) is 6.42 Å². The Morgan fingerprint density at radius 1 is 1.29 bits per heavy atom. The Hall–Kier alpha value is -2.63. The molecule has 0 saturated heterocycles. The van der Waals surface area contributed by atoms with Gasteiger partial charge in [-0.1, -0.05) is 18.2 Å². The van der Waals surface area contributed by atoms with Crippen molar-refractivity contribution in [3.63, 3.8) is 0 Å². The van der Waals surface area contributed by atoms with Crippen LogP contribution in [0.4, 0.5) is 5.69 Å². The molecule has 1 atom stereocenters. The van der Waals surface area contributed by atoms with Crippen LogP contribution in [-0.2, 0) is 18.3 Å². The largest absolute Gasteiger partial charge is 0.481 e. The van der Waals surface area contributed by atoms with E-state index in [1.54, 1.807) is 24.0 Å². The van der Waals surface area contributed by atoms with Gasteiger partial charge in [-0.3, -0.25) is 14.3 Å². The monoisotopic (exact) mass is 285 g/mol. The first-order valence-corrected chi connectivity index (χ1v) is 6.68. The highest BCUT2D eigenvalue weighted by atomic mass is 16.4. The summed E-state index contributed by atoms with van der Waals surface area (Å²) in [6, 6.07) is 9.04. The van der Waals surface area contributed by atoms with E-state index < -0.39 is 11.9 Å². The molecule has 0 saturated carbocycles. The number of rotatable bonds is 2. The summed E-state index contributed by atoms with van der Waals surface area (Å²) in [4.78, 5) is 25.4. The number of hydrogen-bond acceptors (Lipinski definition) is 3. The van der Waals surface area contributed by atoms with Crippen LogP contribution in [0.3, 0.4) is 0 Å². The normalized spacial score (nSPS) is 17.4. The Morgan fingerprint density at radius 3 is 2.71 bits per heavy atom. The first kappa shape index (κ1) is 13.4. The van der Waals surface area contributed by atoms with Crippen LogP contribution in [0.15, 0.2) is 36.5 Å². The fourth-order valence-electron chi connectivity index (χ4n) is 2.62. The number of benzene rings is 1. The predicted molar refractivity (Wildman–Crippen MR) is 76.2 cm³/mol. The second-order valence-corrected chi connectivity index (χ2v) is 5.16. The molecule has 1 amide bonds. The van der Waals surface area contributed by atoms with Crippen LogP contribution in [0.25, 0.3) is 0 Å². The van der Waals surface area contributed by atoms with Crippen molar-refractivity contribution in [3.8, 4) is 0 Å². The maximum atomic E-state index is 12.6. The lowest BCUT2D eigenvalue weighted by Gasteiger charge is -2.32. The summed E-state index contributed by atoms with van der Waals surface area (Å²) in [5.74, 6) is -1.75. The smallest absolute Gasteiger partial charge is 0.308 e. The number of para-hydroxylation sites is 1. The van der Waals surface area contributed by atoms with Gasteiger partial charge in [0.25, 0.3) is 5.91 Å². The Kier molecular flexibility index (Phi) is 3.21. The zero-order valence-corrected chi connectivity index (χ0v) is 11.6. The van der Waals surface area contributed by atoms with Crippen LogP contribution in [-0.4, -0.2) is 33.3 Å². The van der Waals surface area contributed by atoms with Crippen molar-refractivity contribution >= 4 is 17.6 Å². The molecule has 2 aromatic rings. The zero-order valence-electron chi connectivity index (χ0n) is 11.6. The molecule has 1 aliphatic heterocycles. The lowest BCUT2D eigenvalue weighted by atomic mass is 9.92. The summed E-state index contributed by atoms with van der Waals surface area (Å²) < 4.78 is 1.55. The number of fused-ring (bicyclic) bond motifs is 1. The summed E-state index contributed by atoms with van der Waals surface area (Å²) in [6.07, 6.45) is 2.13.